The van der Waals surface area contributed by atoms with Crippen molar-refractivity contribution in [3.05, 3.63) is 60.4 Å². The van der Waals surface area contributed by atoms with Crippen LogP contribution in [0.15, 0.2) is 54.9 Å². The molecule has 0 saturated heterocycles. The van der Waals surface area contributed by atoms with Crippen molar-refractivity contribution in [2.24, 2.45) is 0 Å². The van der Waals surface area contributed by atoms with Gasteiger partial charge in [0.1, 0.15) is 24.5 Å². The van der Waals surface area contributed by atoms with E-state index in [-0.39, 0.29) is 24.9 Å². The number of likely N-dealkylation sites (N-methyl/N-ethyl adjacent to an activating group) is 1. The summed E-state index contributed by atoms with van der Waals surface area (Å²) in [6, 6.07) is 11.3. The first kappa shape index (κ1) is 26.0. The van der Waals surface area contributed by atoms with E-state index in [9.17, 15) is 13.6 Å². The normalized spacial score (nSPS) is 11.5. The molecule has 0 spiro atoms. The zero-order chi connectivity index (χ0) is 25.2. The third kappa shape index (κ3) is 7.97. The highest BCUT2D eigenvalue weighted by molar-refractivity contribution is 6.03. The molecule has 0 aliphatic heterocycles. The van der Waals surface area contributed by atoms with Crippen LogP contribution >= 0.6 is 0 Å². The van der Waals surface area contributed by atoms with Gasteiger partial charge in [-0.05, 0) is 44.3 Å². The molecule has 2 N–H and O–H groups in total. The SMILES string of the molecule is CCc1cccc(Nc2ncnc3cc(OCCOC(F)F)c(NC(=O)/C=C/CN(C)C)cc23)c1. The fraction of sp³-hybridized carbons (Fsp3) is 0.320. The summed E-state index contributed by atoms with van der Waals surface area (Å²) < 4.78 is 34.5. The predicted octanol–water partition coefficient (Wildman–Crippen LogP) is 4.61. The lowest BCUT2D eigenvalue weighted by Crippen LogP contribution is -2.14. The first-order valence-corrected chi connectivity index (χ1v) is 11.1. The van der Waals surface area contributed by atoms with Gasteiger partial charge in [0.2, 0.25) is 5.91 Å². The van der Waals surface area contributed by atoms with Gasteiger partial charge in [0.25, 0.3) is 0 Å². The molecular formula is C25H29F2N5O3. The fourth-order valence-electron chi connectivity index (χ4n) is 3.24. The Morgan fingerprint density at radius 1 is 1.17 bits per heavy atom. The average Bonchev–Trinajstić information content (AvgIpc) is 2.82. The fourth-order valence-corrected chi connectivity index (χ4v) is 3.24. The van der Waals surface area contributed by atoms with E-state index in [1.54, 1.807) is 18.2 Å². The van der Waals surface area contributed by atoms with Gasteiger partial charge in [-0.2, -0.15) is 8.78 Å². The summed E-state index contributed by atoms with van der Waals surface area (Å²) in [4.78, 5) is 23.1. The summed E-state index contributed by atoms with van der Waals surface area (Å²) in [5.41, 5.74) is 2.95. The molecule has 0 bridgehead atoms. The van der Waals surface area contributed by atoms with Crippen LogP contribution in [0, 0.1) is 0 Å². The maximum atomic E-state index is 12.5. The highest BCUT2D eigenvalue weighted by Crippen LogP contribution is 2.33. The molecule has 186 valence electrons. The van der Waals surface area contributed by atoms with Crippen LogP contribution in [-0.2, 0) is 16.0 Å². The van der Waals surface area contributed by atoms with Crippen molar-refractivity contribution in [1.29, 1.82) is 0 Å². The molecule has 0 unspecified atom stereocenters. The number of halogens is 2. The van der Waals surface area contributed by atoms with E-state index in [1.165, 1.54) is 18.0 Å². The number of benzene rings is 2. The zero-order valence-corrected chi connectivity index (χ0v) is 19.9. The number of hydrogen-bond acceptors (Lipinski definition) is 7. The quantitative estimate of drug-likeness (QED) is 0.286. The first-order chi connectivity index (χ1) is 16.9. The number of nitrogens with one attached hydrogen (secondary N) is 2. The van der Waals surface area contributed by atoms with E-state index in [2.05, 4.69) is 32.3 Å². The van der Waals surface area contributed by atoms with Crippen LogP contribution < -0.4 is 15.4 Å². The van der Waals surface area contributed by atoms with Crippen LogP contribution in [-0.4, -0.2) is 61.2 Å². The van der Waals surface area contributed by atoms with Crippen LogP contribution in [0.2, 0.25) is 0 Å². The van der Waals surface area contributed by atoms with Gasteiger partial charge in [-0.25, -0.2) is 9.97 Å². The van der Waals surface area contributed by atoms with E-state index in [4.69, 9.17) is 4.74 Å². The number of hydrogen-bond donors (Lipinski definition) is 2. The summed E-state index contributed by atoms with van der Waals surface area (Å²) in [6.45, 7) is -0.651. The third-order valence-electron chi connectivity index (χ3n) is 4.92. The Hall–Kier alpha value is -3.63. The monoisotopic (exact) mass is 485 g/mol. The second-order valence-corrected chi connectivity index (χ2v) is 7.90. The van der Waals surface area contributed by atoms with Gasteiger partial charge in [0, 0.05) is 29.8 Å². The molecule has 8 nitrogen and oxygen atoms in total. The van der Waals surface area contributed by atoms with Crippen molar-refractivity contribution >= 4 is 34.0 Å². The second kappa shape index (κ2) is 12.7. The molecule has 0 saturated carbocycles. The number of nitrogens with zero attached hydrogens (tertiary/aromatic N) is 3. The van der Waals surface area contributed by atoms with Crippen LogP contribution in [0.1, 0.15) is 12.5 Å². The molecule has 2 aromatic carbocycles. The molecule has 3 aromatic rings. The van der Waals surface area contributed by atoms with Crippen molar-refractivity contribution in [3.63, 3.8) is 0 Å². The lowest BCUT2D eigenvalue weighted by molar-refractivity contribution is -0.133. The summed E-state index contributed by atoms with van der Waals surface area (Å²) >= 11 is 0. The minimum Gasteiger partial charge on any atom is -0.489 e. The van der Waals surface area contributed by atoms with Gasteiger partial charge in [-0.1, -0.05) is 25.1 Å². The minimum atomic E-state index is -2.89. The Morgan fingerprint density at radius 3 is 2.74 bits per heavy atom. The van der Waals surface area contributed by atoms with Crippen molar-refractivity contribution in [3.8, 4) is 5.75 Å². The van der Waals surface area contributed by atoms with E-state index < -0.39 is 6.61 Å². The summed E-state index contributed by atoms with van der Waals surface area (Å²) in [5, 5.41) is 6.75. The number of amides is 1. The number of alkyl halides is 2. The molecular weight excluding hydrogens is 456 g/mol. The predicted molar refractivity (Wildman–Crippen MR) is 132 cm³/mol. The maximum Gasteiger partial charge on any atom is 0.345 e. The number of fused-ring (bicyclic) bond motifs is 1. The number of carbonyl (C=O) groups is 1. The molecule has 1 aromatic heterocycles. The number of ether oxygens (including phenoxy) is 2. The zero-order valence-electron chi connectivity index (χ0n) is 19.9. The van der Waals surface area contributed by atoms with Crippen LogP contribution in [0.5, 0.6) is 5.75 Å². The van der Waals surface area contributed by atoms with Crippen molar-refractivity contribution in [1.82, 2.24) is 14.9 Å². The molecule has 1 amide bonds. The van der Waals surface area contributed by atoms with E-state index >= 15 is 0 Å². The van der Waals surface area contributed by atoms with Crippen LogP contribution in [0.3, 0.4) is 0 Å². The maximum absolute atomic E-state index is 12.5. The van der Waals surface area contributed by atoms with Gasteiger partial charge in [0.15, 0.2) is 0 Å². The number of rotatable bonds is 12. The topological polar surface area (TPSA) is 88.6 Å². The van der Waals surface area contributed by atoms with Gasteiger partial charge >= 0.3 is 6.61 Å². The largest absolute Gasteiger partial charge is 0.489 e. The molecule has 1 heterocycles. The summed E-state index contributed by atoms with van der Waals surface area (Å²) in [5.74, 6) is 0.471. The van der Waals surface area contributed by atoms with Gasteiger partial charge in [-0.15, -0.1) is 0 Å². The number of carbonyl (C=O) groups excluding carboxylic acids is 1. The summed E-state index contributed by atoms with van der Waals surface area (Å²) in [6.07, 6.45) is 5.46. The highest BCUT2D eigenvalue weighted by atomic mass is 19.3. The second-order valence-electron chi connectivity index (χ2n) is 7.90. The standard InChI is InChI=1S/C25H29F2N5O3/c1-4-17-7-5-8-18(13-17)30-24-19-14-21(31-23(33)9-6-10-32(2)3)22(15-20(19)28-16-29-24)34-11-12-35-25(26)27/h5-9,13-16,25H,4,10-12H2,1-3H3,(H,31,33)(H,28,29,30)/b9-6+. The van der Waals surface area contributed by atoms with E-state index in [1.807, 2.05) is 43.3 Å². The van der Waals surface area contributed by atoms with E-state index in [0.29, 0.717) is 29.0 Å². The molecule has 0 aliphatic carbocycles. The Morgan fingerprint density at radius 2 is 2.00 bits per heavy atom. The van der Waals surface area contributed by atoms with E-state index in [0.717, 1.165) is 12.1 Å². The van der Waals surface area contributed by atoms with Gasteiger partial charge in [0.05, 0.1) is 17.8 Å². The molecule has 0 fully saturated rings. The molecule has 3 rings (SSSR count). The lowest BCUT2D eigenvalue weighted by Gasteiger charge is -2.15. The van der Waals surface area contributed by atoms with Crippen molar-refractivity contribution < 1.29 is 23.0 Å². The Kier molecular flexibility index (Phi) is 9.45. The van der Waals surface area contributed by atoms with Crippen molar-refractivity contribution in [2.45, 2.75) is 20.0 Å². The lowest BCUT2D eigenvalue weighted by atomic mass is 10.1. The van der Waals surface area contributed by atoms with Crippen LogP contribution in [0.4, 0.5) is 26.0 Å². The third-order valence-corrected chi connectivity index (χ3v) is 4.92. The van der Waals surface area contributed by atoms with Gasteiger partial charge in [-0.3, -0.25) is 4.79 Å². The van der Waals surface area contributed by atoms with Gasteiger partial charge < -0.3 is 25.0 Å². The molecule has 10 heteroatoms. The Balaban J connectivity index is 1.92. The van der Waals surface area contributed by atoms with Crippen LogP contribution in [0.25, 0.3) is 10.9 Å². The average molecular weight is 486 g/mol. The Labute approximate surface area is 203 Å². The molecule has 35 heavy (non-hydrogen) atoms. The first-order valence-electron chi connectivity index (χ1n) is 11.1. The highest BCUT2D eigenvalue weighted by Gasteiger charge is 2.14. The number of aromatic nitrogens is 2. The number of aryl methyl sites for hydroxylation is 1. The minimum absolute atomic E-state index is 0.130. The smallest absolute Gasteiger partial charge is 0.345 e. The number of anilines is 3. The van der Waals surface area contributed by atoms with Crippen molar-refractivity contribution in [2.75, 3.05) is 44.5 Å². The Bertz CT molecular complexity index is 1170. The molecule has 0 aliphatic rings. The summed E-state index contributed by atoms with van der Waals surface area (Å²) in [7, 11) is 3.79. The molecule has 0 radical (unpaired) electrons. The molecule has 0 atom stereocenters.